The largest absolute Gasteiger partial charge is 0.448 e. The van der Waals surface area contributed by atoms with E-state index in [1.165, 1.54) is 29.2 Å². The molecule has 2 aromatic rings. The number of rotatable bonds is 5. The Bertz CT molecular complexity index is 874. The SMILES string of the molecule is C[C@@H](OC(=O)c1cc2c(s1)CCC2)C(=O)Nc1ccc(F)c([N+](=O)[O-])c1. The van der Waals surface area contributed by atoms with E-state index in [1.807, 2.05) is 0 Å². The van der Waals surface area contributed by atoms with Crippen molar-refractivity contribution in [2.75, 3.05) is 5.32 Å². The van der Waals surface area contributed by atoms with Crippen LogP contribution < -0.4 is 5.32 Å². The topological polar surface area (TPSA) is 98.5 Å². The number of esters is 1. The highest BCUT2D eigenvalue weighted by molar-refractivity contribution is 7.14. The molecule has 1 N–H and O–H groups in total. The number of nitrogens with one attached hydrogen (secondary N) is 1. The van der Waals surface area contributed by atoms with Crippen molar-refractivity contribution in [1.29, 1.82) is 0 Å². The number of nitro groups is 1. The van der Waals surface area contributed by atoms with E-state index in [1.54, 1.807) is 6.07 Å². The van der Waals surface area contributed by atoms with Crippen LogP contribution in [0.15, 0.2) is 24.3 Å². The van der Waals surface area contributed by atoms with E-state index in [-0.39, 0.29) is 5.69 Å². The van der Waals surface area contributed by atoms with Gasteiger partial charge in [0.05, 0.1) is 4.92 Å². The number of hydrogen-bond acceptors (Lipinski definition) is 6. The monoisotopic (exact) mass is 378 g/mol. The minimum atomic E-state index is -1.11. The second-order valence-electron chi connectivity index (χ2n) is 5.87. The predicted molar refractivity (Wildman–Crippen MR) is 92.9 cm³/mol. The Labute approximate surface area is 151 Å². The maximum Gasteiger partial charge on any atom is 0.349 e. The number of nitrogens with zero attached hydrogens (tertiary/aromatic N) is 1. The number of carbonyl (C=O) groups is 2. The fourth-order valence-electron chi connectivity index (χ4n) is 2.68. The number of amides is 1. The lowest BCUT2D eigenvalue weighted by Crippen LogP contribution is -2.29. The van der Waals surface area contributed by atoms with Gasteiger partial charge in [-0.15, -0.1) is 11.3 Å². The Hall–Kier alpha value is -2.81. The second kappa shape index (κ2) is 7.20. The summed E-state index contributed by atoms with van der Waals surface area (Å²) in [5, 5.41) is 13.1. The number of halogens is 1. The Morgan fingerprint density at radius 3 is 2.81 bits per heavy atom. The number of nitro benzene ring substituents is 1. The summed E-state index contributed by atoms with van der Waals surface area (Å²) in [4.78, 5) is 35.8. The molecule has 1 heterocycles. The van der Waals surface area contributed by atoms with Gasteiger partial charge in [0.25, 0.3) is 5.91 Å². The molecule has 0 saturated heterocycles. The molecule has 0 spiro atoms. The van der Waals surface area contributed by atoms with Crippen LogP contribution in [0.4, 0.5) is 15.8 Å². The average Bonchev–Trinajstić information content (AvgIpc) is 3.17. The van der Waals surface area contributed by atoms with Crippen molar-refractivity contribution < 1.29 is 23.6 Å². The first-order chi connectivity index (χ1) is 12.3. The van der Waals surface area contributed by atoms with Gasteiger partial charge in [-0.3, -0.25) is 14.9 Å². The molecule has 0 fully saturated rings. The highest BCUT2D eigenvalue weighted by Crippen LogP contribution is 2.31. The second-order valence-corrected chi connectivity index (χ2v) is 7.01. The third kappa shape index (κ3) is 3.72. The van der Waals surface area contributed by atoms with Crippen LogP contribution >= 0.6 is 11.3 Å². The summed E-state index contributed by atoms with van der Waals surface area (Å²) in [6, 6.07) is 4.78. The van der Waals surface area contributed by atoms with Crippen molar-refractivity contribution in [2.24, 2.45) is 0 Å². The number of fused-ring (bicyclic) bond motifs is 1. The van der Waals surface area contributed by atoms with Gasteiger partial charge < -0.3 is 10.1 Å². The lowest BCUT2D eigenvalue weighted by Gasteiger charge is -2.13. The Morgan fingerprint density at radius 1 is 1.35 bits per heavy atom. The normalized spacial score (nSPS) is 13.8. The van der Waals surface area contributed by atoms with Crippen LogP contribution in [0.5, 0.6) is 0 Å². The number of anilines is 1. The number of hydrogen-bond donors (Lipinski definition) is 1. The molecule has 0 unspecified atom stereocenters. The maximum absolute atomic E-state index is 13.3. The summed E-state index contributed by atoms with van der Waals surface area (Å²) < 4.78 is 18.5. The molecule has 0 saturated carbocycles. The van der Waals surface area contributed by atoms with Crippen LogP contribution in [0.2, 0.25) is 0 Å². The van der Waals surface area contributed by atoms with E-state index >= 15 is 0 Å². The molecular weight excluding hydrogens is 363 g/mol. The van der Waals surface area contributed by atoms with E-state index in [4.69, 9.17) is 4.74 Å². The van der Waals surface area contributed by atoms with E-state index < -0.39 is 34.4 Å². The zero-order valence-corrected chi connectivity index (χ0v) is 14.6. The number of aryl methyl sites for hydroxylation is 2. The molecule has 1 atom stereocenters. The summed E-state index contributed by atoms with van der Waals surface area (Å²) in [6.45, 7) is 1.40. The van der Waals surface area contributed by atoms with Gasteiger partial charge in [0, 0.05) is 16.6 Å². The summed E-state index contributed by atoms with van der Waals surface area (Å²) in [5.74, 6) is -2.25. The first-order valence-electron chi connectivity index (χ1n) is 7.92. The fourth-order valence-corrected chi connectivity index (χ4v) is 3.81. The van der Waals surface area contributed by atoms with Gasteiger partial charge in [-0.2, -0.15) is 4.39 Å². The zero-order valence-electron chi connectivity index (χ0n) is 13.8. The summed E-state index contributed by atoms with van der Waals surface area (Å²) in [6.07, 6.45) is 1.87. The van der Waals surface area contributed by atoms with Crippen molar-refractivity contribution >= 4 is 34.6 Å². The number of ether oxygens (including phenoxy) is 1. The standard InChI is InChI=1S/C17H15FN2O5S/c1-9(25-17(22)15-7-10-3-2-4-14(10)26-15)16(21)19-11-5-6-12(18)13(8-11)20(23)24/h5-9H,2-4H2,1H3,(H,19,21)/t9-/m1/s1. The van der Waals surface area contributed by atoms with Crippen LogP contribution in [-0.2, 0) is 22.4 Å². The number of benzene rings is 1. The van der Waals surface area contributed by atoms with Gasteiger partial charge in [0.2, 0.25) is 5.82 Å². The van der Waals surface area contributed by atoms with Crippen molar-refractivity contribution in [3.05, 3.63) is 55.5 Å². The molecule has 1 aliphatic rings. The highest BCUT2D eigenvalue weighted by Gasteiger charge is 2.24. The number of thiophene rings is 1. The lowest BCUT2D eigenvalue weighted by atomic mass is 10.2. The first-order valence-corrected chi connectivity index (χ1v) is 8.74. The number of carbonyl (C=O) groups excluding carboxylic acids is 2. The molecule has 1 aromatic heterocycles. The molecule has 3 rings (SSSR count). The predicted octanol–water partition coefficient (Wildman–Crippen LogP) is 3.47. The Balaban J connectivity index is 1.63. The van der Waals surface area contributed by atoms with Gasteiger partial charge in [-0.05, 0) is 49.9 Å². The van der Waals surface area contributed by atoms with E-state index in [0.29, 0.717) is 4.88 Å². The van der Waals surface area contributed by atoms with E-state index in [2.05, 4.69) is 5.32 Å². The van der Waals surface area contributed by atoms with Crippen molar-refractivity contribution in [2.45, 2.75) is 32.3 Å². The maximum atomic E-state index is 13.3. The first kappa shape index (κ1) is 18.0. The van der Waals surface area contributed by atoms with Gasteiger partial charge >= 0.3 is 11.7 Å². The van der Waals surface area contributed by atoms with Gasteiger partial charge in [0.1, 0.15) is 4.88 Å². The molecule has 7 nitrogen and oxygen atoms in total. The molecule has 136 valence electrons. The lowest BCUT2D eigenvalue weighted by molar-refractivity contribution is -0.387. The van der Waals surface area contributed by atoms with Gasteiger partial charge in [-0.25, -0.2) is 4.79 Å². The zero-order chi connectivity index (χ0) is 18.8. The third-order valence-corrected chi connectivity index (χ3v) is 5.23. The van der Waals surface area contributed by atoms with Crippen LogP contribution in [0, 0.1) is 15.9 Å². The molecule has 1 amide bonds. The minimum Gasteiger partial charge on any atom is -0.448 e. The molecule has 0 radical (unpaired) electrons. The smallest absolute Gasteiger partial charge is 0.349 e. The van der Waals surface area contributed by atoms with Crippen molar-refractivity contribution in [3.63, 3.8) is 0 Å². The minimum absolute atomic E-state index is 0.0427. The van der Waals surface area contributed by atoms with Crippen LogP contribution in [0.25, 0.3) is 0 Å². The van der Waals surface area contributed by atoms with Crippen LogP contribution in [0.1, 0.15) is 33.5 Å². The van der Waals surface area contributed by atoms with Gasteiger partial charge in [0.15, 0.2) is 6.10 Å². The van der Waals surface area contributed by atoms with Gasteiger partial charge in [-0.1, -0.05) is 0 Å². The highest BCUT2D eigenvalue weighted by atomic mass is 32.1. The molecular formula is C17H15FN2O5S. The molecule has 1 aliphatic carbocycles. The van der Waals surface area contributed by atoms with Crippen molar-refractivity contribution in [1.82, 2.24) is 0 Å². The summed E-state index contributed by atoms with van der Waals surface area (Å²) in [5.41, 5.74) is 0.444. The van der Waals surface area contributed by atoms with Crippen molar-refractivity contribution in [3.8, 4) is 0 Å². The molecule has 26 heavy (non-hydrogen) atoms. The molecule has 1 aromatic carbocycles. The Kier molecular flexibility index (Phi) is 4.99. The molecule has 0 bridgehead atoms. The van der Waals surface area contributed by atoms with E-state index in [0.717, 1.165) is 37.0 Å². The summed E-state index contributed by atoms with van der Waals surface area (Å²) >= 11 is 1.37. The van der Waals surface area contributed by atoms with Crippen LogP contribution in [-0.4, -0.2) is 22.9 Å². The fraction of sp³-hybridized carbons (Fsp3) is 0.294. The summed E-state index contributed by atoms with van der Waals surface area (Å²) in [7, 11) is 0. The van der Waals surface area contributed by atoms with E-state index in [9.17, 15) is 24.1 Å². The molecule has 9 heteroatoms. The molecule has 0 aliphatic heterocycles. The van der Waals surface area contributed by atoms with Crippen LogP contribution in [0.3, 0.4) is 0 Å². The average molecular weight is 378 g/mol. The quantitative estimate of drug-likeness (QED) is 0.488. The third-order valence-electron chi connectivity index (χ3n) is 4.01. The Morgan fingerprint density at radius 2 is 2.12 bits per heavy atom.